The fraction of sp³-hybridized carbons (Fsp3) is 0.545. The van der Waals surface area contributed by atoms with Gasteiger partial charge in [0.25, 0.3) is 5.91 Å². The van der Waals surface area contributed by atoms with Crippen molar-refractivity contribution < 1.29 is 9.72 Å². The predicted octanol–water partition coefficient (Wildman–Crippen LogP) is 2.90. The smallest absolute Gasteiger partial charge is 0.324 e. The zero-order valence-electron chi connectivity index (χ0n) is 9.67. The normalized spacial score (nSPS) is 19.2. The van der Waals surface area contributed by atoms with Crippen molar-refractivity contribution in [1.82, 2.24) is 4.90 Å². The second kappa shape index (κ2) is 5.79. The van der Waals surface area contributed by atoms with Crippen LogP contribution in [0.5, 0.6) is 0 Å². The van der Waals surface area contributed by atoms with Crippen molar-refractivity contribution >= 4 is 38.2 Å². The average Bonchev–Trinajstić information content (AvgIpc) is 2.97. The Morgan fingerprint density at radius 2 is 2.39 bits per heavy atom. The summed E-state index contributed by atoms with van der Waals surface area (Å²) in [6, 6.07) is 2.94. The maximum Gasteiger partial charge on any atom is 0.324 e. The molecule has 5 nitrogen and oxygen atoms in total. The largest absolute Gasteiger partial charge is 0.338 e. The van der Waals surface area contributed by atoms with Crippen molar-refractivity contribution in [3.63, 3.8) is 0 Å². The third-order valence-electron chi connectivity index (χ3n) is 3.07. The molecule has 1 unspecified atom stereocenters. The van der Waals surface area contributed by atoms with Crippen LogP contribution in [0.25, 0.3) is 0 Å². The van der Waals surface area contributed by atoms with E-state index in [0.29, 0.717) is 10.8 Å². The molecule has 1 fully saturated rings. The molecule has 1 saturated heterocycles. The van der Waals surface area contributed by atoms with Gasteiger partial charge in [0.05, 0.1) is 9.80 Å². The summed E-state index contributed by atoms with van der Waals surface area (Å²) >= 11 is 4.36. The van der Waals surface area contributed by atoms with Gasteiger partial charge in [-0.3, -0.25) is 14.9 Å². The number of alkyl halides is 1. The number of halogens is 1. The zero-order valence-corrected chi connectivity index (χ0v) is 12.1. The van der Waals surface area contributed by atoms with Crippen molar-refractivity contribution in [3.05, 3.63) is 27.1 Å². The van der Waals surface area contributed by atoms with E-state index in [1.807, 2.05) is 0 Å². The highest BCUT2D eigenvalue weighted by Gasteiger charge is 2.28. The SMILES string of the molecule is O=C(c1ccc([N+](=O)[O-])s1)N1CCC(CCBr)C1. The van der Waals surface area contributed by atoms with Gasteiger partial charge in [0.15, 0.2) is 0 Å². The molecule has 1 amide bonds. The third-order valence-corrected chi connectivity index (χ3v) is 4.56. The molecular weight excluding hydrogens is 320 g/mol. The summed E-state index contributed by atoms with van der Waals surface area (Å²) in [5.41, 5.74) is 0. The molecule has 0 aliphatic carbocycles. The second-order valence-corrected chi connectivity index (χ2v) is 6.13. The van der Waals surface area contributed by atoms with Crippen LogP contribution in [-0.4, -0.2) is 34.2 Å². The predicted molar refractivity (Wildman–Crippen MR) is 73.4 cm³/mol. The quantitative estimate of drug-likeness (QED) is 0.483. The fourth-order valence-corrected chi connectivity index (χ4v) is 3.54. The summed E-state index contributed by atoms with van der Waals surface area (Å²) in [5, 5.41) is 11.6. The summed E-state index contributed by atoms with van der Waals surface area (Å²) in [7, 11) is 0. The molecule has 1 aromatic heterocycles. The minimum atomic E-state index is -0.459. The van der Waals surface area contributed by atoms with Gasteiger partial charge in [0.1, 0.15) is 0 Å². The van der Waals surface area contributed by atoms with Gasteiger partial charge in [-0.05, 0) is 24.8 Å². The molecule has 0 saturated carbocycles. The van der Waals surface area contributed by atoms with Crippen molar-refractivity contribution in [3.8, 4) is 0 Å². The van der Waals surface area contributed by atoms with Crippen LogP contribution in [0.15, 0.2) is 12.1 Å². The van der Waals surface area contributed by atoms with Crippen LogP contribution in [0.4, 0.5) is 5.00 Å². The summed E-state index contributed by atoms with van der Waals surface area (Å²) in [6.45, 7) is 1.51. The van der Waals surface area contributed by atoms with Crippen LogP contribution in [0.1, 0.15) is 22.5 Å². The third kappa shape index (κ3) is 2.89. The molecule has 0 aromatic carbocycles. The van der Waals surface area contributed by atoms with E-state index in [2.05, 4.69) is 15.9 Å². The van der Waals surface area contributed by atoms with E-state index in [9.17, 15) is 14.9 Å². The molecule has 0 spiro atoms. The van der Waals surface area contributed by atoms with E-state index in [0.717, 1.165) is 42.6 Å². The molecule has 1 aliphatic rings. The Morgan fingerprint density at radius 3 is 3.00 bits per heavy atom. The van der Waals surface area contributed by atoms with E-state index in [4.69, 9.17) is 0 Å². The molecule has 2 heterocycles. The molecule has 2 rings (SSSR count). The van der Waals surface area contributed by atoms with Crippen LogP contribution in [0.3, 0.4) is 0 Å². The summed E-state index contributed by atoms with van der Waals surface area (Å²) in [4.78, 5) is 24.5. The highest BCUT2D eigenvalue weighted by Crippen LogP contribution is 2.28. The number of rotatable bonds is 4. The standard InChI is InChI=1S/C11H13BrN2O3S/c12-5-3-8-4-6-13(7-8)11(15)9-1-2-10(18-9)14(16)17/h1-2,8H,3-7H2. The maximum absolute atomic E-state index is 12.1. The highest BCUT2D eigenvalue weighted by atomic mass is 79.9. The van der Waals surface area contributed by atoms with Crippen LogP contribution < -0.4 is 0 Å². The van der Waals surface area contributed by atoms with Crippen LogP contribution >= 0.6 is 27.3 Å². The van der Waals surface area contributed by atoms with Crippen LogP contribution in [0.2, 0.25) is 0 Å². The Balaban J connectivity index is 2.01. The molecule has 1 aliphatic heterocycles. The second-order valence-electron chi connectivity index (χ2n) is 4.28. The number of amides is 1. The van der Waals surface area contributed by atoms with Crippen molar-refractivity contribution in [2.75, 3.05) is 18.4 Å². The van der Waals surface area contributed by atoms with E-state index in [1.165, 1.54) is 6.07 Å². The number of nitro groups is 1. The lowest BCUT2D eigenvalue weighted by Gasteiger charge is -2.14. The number of thiophene rings is 1. The topological polar surface area (TPSA) is 63.4 Å². The van der Waals surface area contributed by atoms with Crippen molar-refractivity contribution in [2.45, 2.75) is 12.8 Å². The average molecular weight is 333 g/mol. The first-order valence-electron chi connectivity index (χ1n) is 5.71. The Morgan fingerprint density at radius 1 is 1.61 bits per heavy atom. The molecular formula is C11H13BrN2O3S. The molecule has 1 atom stereocenters. The first-order valence-corrected chi connectivity index (χ1v) is 7.65. The van der Waals surface area contributed by atoms with Gasteiger partial charge in [-0.25, -0.2) is 0 Å². The first kappa shape index (κ1) is 13.5. The van der Waals surface area contributed by atoms with Crippen molar-refractivity contribution in [2.24, 2.45) is 5.92 Å². The summed E-state index contributed by atoms with van der Waals surface area (Å²) in [5.74, 6) is 0.466. The van der Waals surface area contributed by atoms with Gasteiger partial charge in [-0.15, -0.1) is 0 Å². The molecule has 1 aromatic rings. The lowest BCUT2D eigenvalue weighted by molar-refractivity contribution is -0.380. The van der Waals surface area contributed by atoms with E-state index >= 15 is 0 Å². The lowest BCUT2D eigenvalue weighted by atomic mass is 10.1. The summed E-state index contributed by atoms with van der Waals surface area (Å²) < 4.78 is 0. The maximum atomic E-state index is 12.1. The Labute approximate surface area is 117 Å². The minimum Gasteiger partial charge on any atom is -0.338 e. The summed E-state index contributed by atoms with van der Waals surface area (Å²) in [6.07, 6.45) is 2.08. The number of hydrogen-bond donors (Lipinski definition) is 0. The number of carbonyl (C=O) groups excluding carboxylic acids is 1. The van der Waals surface area contributed by atoms with Crippen LogP contribution in [-0.2, 0) is 0 Å². The number of carbonyl (C=O) groups is 1. The molecule has 0 bridgehead atoms. The first-order chi connectivity index (χ1) is 8.61. The van der Waals surface area contributed by atoms with Gasteiger partial charge in [-0.1, -0.05) is 27.3 Å². The Hall–Kier alpha value is -0.950. The lowest BCUT2D eigenvalue weighted by Crippen LogP contribution is -2.28. The molecule has 98 valence electrons. The highest BCUT2D eigenvalue weighted by molar-refractivity contribution is 9.09. The number of nitrogens with zero attached hydrogens (tertiary/aromatic N) is 2. The van der Waals surface area contributed by atoms with E-state index < -0.39 is 4.92 Å². The van der Waals surface area contributed by atoms with Gasteiger partial charge in [-0.2, -0.15) is 0 Å². The fourth-order valence-electron chi connectivity index (χ4n) is 2.10. The number of likely N-dealkylation sites (tertiary alicyclic amines) is 1. The van der Waals surface area contributed by atoms with Gasteiger partial charge in [0.2, 0.25) is 0 Å². The number of hydrogen-bond acceptors (Lipinski definition) is 4. The molecule has 7 heteroatoms. The van der Waals surface area contributed by atoms with E-state index in [-0.39, 0.29) is 10.9 Å². The van der Waals surface area contributed by atoms with E-state index in [1.54, 1.807) is 11.0 Å². The molecule has 0 N–H and O–H groups in total. The zero-order chi connectivity index (χ0) is 13.1. The monoisotopic (exact) mass is 332 g/mol. The van der Waals surface area contributed by atoms with Gasteiger partial charge in [0, 0.05) is 24.5 Å². The van der Waals surface area contributed by atoms with Crippen molar-refractivity contribution in [1.29, 1.82) is 0 Å². The Kier molecular flexibility index (Phi) is 4.34. The molecule has 18 heavy (non-hydrogen) atoms. The van der Waals surface area contributed by atoms with Crippen LogP contribution in [0, 0.1) is 16.0 Å². The molecule has 0 radical (unpaired) electrons. The van der Waals surface area contributed by atoms with Gasteiger partial charge >= 0.3 is 5.00 Å². The minimum absolute atomic E-state index is 0.0227. The Bertz CT molecular complexity index is 463. The van der Waals surface area contributed by atoms with Gasteiger partial charge < -0.3 is 4.90 Å².